The topological polar surface area (TPSA) is 115 Å². The van der Waals surface area contributed by atoms with Crippen LogP contribution in [-0.4, -0.2) is 35.7 Å². The van der Waals surface area contributed by atoms with Gasteiger partial charge in [0.15, 0.2) is 28.8 Å². The standard InChI is InChI=1S/C23H22N2O7/c1-5-30-15-9-7-14(11-17(15)29-4)20-19(21(26)16-8-6-12(2)31-16)22(27)23(28)25(20)18-10-13(3)32-24-18/h6-11,20,27H,5H2,1-4H3/t20-/m0/s1. The molecular weight excluding hydrogens is 416 g/mol. The van der Waals surface area contributed by atoms with Crippen molar-refractivity contribution in [2.45, 2.75) is 26.8 Å². The second kappa shape index (κ2) is 8.26. The highest BCUT2D eigenvalue weighted by Crippen LogP contribution is 2.43. The van der Waals surface area contributed by atoms with E-state index in [1.165, 1.54) is 18.1 Å². The molecule has 0 saturated carbocycles. The second-order valence-corrected chi connectivity index (χ2v) is 7.22. The fourth-order valence-corrected chi connectivity index (χ4v) is 3.67. The minimum Gasteiger partial charge on any atom is -0.503 e. The maximum Gasteiger partial charge on any atom is 0.295 e. The first-order chi connectivity index (χ1) is 15.3. The van der Waals surface area contributed by atoms with Crippen molar-refractivity contribution in [2.75, 3.05) is 18.6 Å². The summed E-state index contributed by atoms with van der Waals surface area (Å²) in [4.78, 5) is 27.6. The van der Waals surface area contributed by atoms with Gasteiger partial charge in [-0.1, -0.05) is 11.2 Å². The van der Waals surface area contributed by atoms with Gasteiger partial charge in [-0.05, 0) is 50.6 Å². The number of hydrogen-bond acceptors (Lipinski definition) is 8. The van der Waals surface area contributed by atoms with E-state index in [1.807, 2.05) is 6.92 Å². The summed E-state index contributed by atoms with van der Waals surface area (Å²) in [7, 11) is 1.49. The predicted molar refractivity (Wildman–Crippen MR) is 113 cm³/mol. The quantitative estimate of drug-likeness (QED) is 0.549. The van der Waals surface area contributed by atoms with Crippen LogP contribution in [-0.2, 0) is 4.79 Å². The molecule has 9 nitrogen and oxygen atoms in total. The average Bonchev–Trinajstić information content (AvgIpc) is 3.47. The summed E-state index contributed by atoms with van der Waals surface area (Å²) < 4.78 is 21.6. The van der Waals surface area contributed by atoms with Gasteiger partial charge in [0.1, 0.15) is 11.5 Å². The first-order valence-corrected chi connectivity index (χ1v) is 9.97. The Morgan fingerprint density at radius 1 is 1.16 bits per heavy atom. The number of aryl methyl sites for hydroxylation is 2. The van der Waals surface area contributed by atoms with E-state index in [0.717, 1.165) is 0 Å². The smallest absolute Gasteiger partial charge is 0.295 e. The number of ketones is 1. The van der Waals surface area contributed by atoms with Crippen molar-refractivity contribution in [1.82, 2.24) is 5.16 Å². The molecule has 2 aromatic heterocycles. The van der Waals surface area contributed by atoms with Crippen molar-refractivity contribution in [2.24, 2.45) is 0 Å². The number of rotatable bonds is 7. The molecule has 32 heavy (non-hydrogen) atoms. The van der Waals surface area contributed by atoms with Crippen LogP contribution in [0.1, 0.15) is 40.6 Å². The lowest BCUT2D eigenvalue weighted by molar-refractivity contribution is -0.117. The third-order valence-electron chi connectivity index (χ3n) is 5.08. The van der Waals surface area contributed by atoms with Gasteiger partial charge in [-0.15, -0.1) is 0 Å². The maximum absolute atomic E-state index is 13.3. The molecule has 0 fully saturated rings. The number of amides is 1. The molecule has 0 spiro atoms. The Labute approximate surface area is 183 Å². The highest BCUT2D eigenvalue weighted by molar-refractivity contribution is 6.20. The molecular formula is C23H22N2O7. The maximum atomic E-state index is 13.3. The van der Waals surface area contributed by atoms with E-state index >= 15 is 0 Å². The van der Waals surface area contributed by atoms with Crippen molar-refractivity contribution in [3.8, 4) is 11.5 Å². The molecule has 0 saturated heterocycles. The fraction of sp³-hybridized carbons (Fsp3) is 0.261. The fourth-order valence-electron chi connectivity index (χ4n) is 3.67. The van der Waals surface area contributed by atoms with Gasteiger partial charge in [0.2, 0.25) is 5.78 Å². The summed E-state index contributed by atoms with van der Waals surface area (Å²) in [6.07, 6.45) is 0. The molecule has 1 aromatic carbocycles. The molecule has 0 unspecified atom stereocenters. The molecule has 0 radical (unpaired) electrons. The number of hydrogen-bond donors (Lipinski definition) is 1. The lowest BCUT2D eigenvalue weighted by Gasteiger charge is -2.25. The zero-order chi connectivity index (χ0) is 23.0. The van der Waals surface area contributed by atoms with E-state index < -0.39 is 23.5 Å². The van der Waals surface area contributed by atoms with Crippen LogP contribution >= 0.6 is 0 Å². The van der Waals surface area contributed by atoms with Crippen LogP contribution in [0.5, 0.6) is 11.5 Å². The van der Waals surface area contributed by atoms with Gasteiger partial charge < -0.3 is 23.5 Å². The summed E-state index contributed by atoms with van der Waals surface area (Å²) >= 11 is 0. The van der Waals surface area contributed by atoms with Gasteiger partial charge in [0.25, 0.3) is 5.91 Å². The minimum absolute atomic E-state index is 0.0120. The number of aromatic nitrogens is 1. The molecule has 0 bridgehead atoms. The van der Waals surface area contributed by atoms with Gasteiger partial charge >= 0.3 is 0 Å². The van der Waals surface area contributed by atoms with Crippen molar-refractivity contribution < 1.29 is 33.1 Å². The van der Waals surface area contributed by atoms with Crippen molar-refractivity contribution in [1.29, 1.82) is 0 Å². The Balaban J connectivity index is 1.88. The molecule has 166 valence electrons. The number of anilines is 1. The first kappa shape index (κ1) is 21.2. The van der Waals surface area contributed by atoms with Crippen LogP contribution in [0.25, 0.3) is 0 Å². The molecule has 3 aromatic rings. The number of methoxy groups -OCH3 is 1. The van der Waals surface area contributed by atoms with E-state index in [0.29, 0.717) is 35.2 Å². The van der Waals surface area contributed by atoms with Crippen molar-refractivity contribution in [3.05, 3.63) is 70.6 Å². The summed E-state index contributed by atoms with van der Waals surface area (Å²) in [5.41, 5.74) is 0.381. The Kier molecular flexibility index (Phi) is 5.48. The number of benzene rings is 1. The largest absolute Gasteiger partial charge is 0.503 e. The van der Waals surface area contributed by atoms with Crippen LogP contribution in [0.2, 0.25) is 0 Å². The molecule has 4 rings (SSSR count). The van der Waals surface area contributed by atoms with Crippen molar-refractivity contribution in [3.63, 3.8) is 0 Å². The lowest BCUT2D eigenvalue weighted by Crippen LogP contribution is -2.31. The summed E-state index contributed by atoms with van der Waals surface area (Å²) in [6, 6.07) is 8.73. The van der Waals surface area contributed by atoms with Gasteiger partial charge in [-0.2, -0.15) is 0 Å². The highest BCUT2D eigenvalue weighted by Gasteiger charge is 2.46. The number of nitrogens with zero attached hydrogens (tertiary/aromatic N) is 2. The third kappa shape index (κ3) is 3.51. The lowest BCUT2D eigenvalue weighted by atomic mass is 9.94. The zero-order valence-corrected chi connectivity index (χ0v) is 18.0. The number of carbonyl (C=O) groups excluding carboxylic acids is 2. The number of carbonyl (C=O) groups is 2. The summed E-state index contributed by atoms with van der Waals surface area (Å²) in [6.45, 7) is 5.66. The number of furan rings is 1. The van der Waals surface area contributed by atoms with E-state index in [-0.39, 0.29) is 17.2 Å². The number of Topliss-reactive ketones (excluding diaryl/α,β-unsaturated/α-hetero) is 1. The van der Waals surface area contributed by atoms with Crippen LogP contribution < -0.4 is 14.4 Å². The molecule has 1 atom stereocenters. The SMILES string of the molecule is CCOc1ccc([C@H]2C(C(=O)c3ccc(C)o3)=C(O)C(=O)N2c2cc(C)on2)cc1OC. The van der Waals surface area contributed by atoms with Crippen molar-refractivity contribution >= 4 is 17.5 Å². The Hall–Kier alpha value is -4.01. The highest BCUT2D eigenvalue weighted by atomic mass is 16.5. The summed E-state index contributed by atoms with van der Waals surface area (Å²) in [5.74, 6) is 0.0376. The molecule has 1 N–H and O–H groups in total. The van der Waals surface area contributed by atoms with Crippen LogP contribution in [0.4, 0.5) is 5.82 Å². The predicted octanol–water partition coefficient (Wildman–Crippen LogP) is 4.07. The molecule has 0 aliphatic carbocycles. The molecule has 1 aliphatic heterocycles. The van der Waals surface area contributed by atoms with Gasteiger partial charge in [-0.3, -0.25) is 14.5 Å². The number of ether oxygens (including phenoxy) is 2. The Bertz CT molecular complexity index is 1220. The monoisotopic (exact) mass is 438 g/mol. The van der Waals surface area contributed by atoms with E-state index in [2.05, 4.69) is 5.16 Å². The molecule has 1 aliphatic rings. The number of aliphatic hydroxyl groups is 1. The Morgan fingerprint density at radius 2 is 1.94 bits per heavy atom. The first-order valence-electron chi connectivity index (χ1n) is 9.97. The molecule has 1 amide bonds. The third-order valence-corrected chi connectivity index (χ3v) is 5.08. The Morgan fingerprint density at radius 3 is 2.53 bits per heavy atom. The van der Waals surface area contributed by atoms with Crippen LogP contribution in [0.15, 0.2) is 56.7 Å². The van der Waals surface area contributed by atoms with E-state index in [9.17, 15) is 14.7 Å². The van der Waals surface area contributed by atoms with E-state index in [4.69, 9.17) is 18.4 Å². The van der Waals surface area contributed by atoms with E-state index in [1.54, 1.807) is 44.2 Å². The second-order valence-electron chi connectivity index (χ2n) is 7.22. The van der Waals surface area contributed by atoms with Gasteiger partial charge in [0, 0.05) is 6.07 Å². The average molecular weight is 438 g/mol. The normalized spacial score (nSPS) is 16.1. The minimum atomic E-state index is -0.991. The van der Waals surface area contributed by atoms with Crippen LogP contribution in [0, 0.1) is 13.8 Å². The molecule has 9 heteroatoms. The van der Waals surface area contributed by atoms with Gasteiger partial charge in [-0.25, -0.2) is 0 Å². The molecule has 3 heterocycles. The van der Waals surface area contributed by atoms with Gasteiger partial charge in [0.05, 0.1) is 25.3 Å². The summed E-state index contributed by atoms with van der Waals surface area (Å²) in [5, 5.41) is 14.7. The number of aliphatic hydroxyl groups excluding tert-OH is 1. The van der Waals surface area contributed by atoms with Crippen LogP contribution in [0.3, 0.4) is 0 Å². The zero-order valence-electron chi connectivity index (χ0n) is 18.0.